The molecule has 1 N–H and O–H groups in total. The van der Waals surface area contributed by atoms with Gasteiger partial charge in [-0.3, -0.25) is 4.79 Å². The molecule has 3 aromatic rings. The van der Waals surface area contributed by atoms with E-state index < -0.39 is 9.84 Å². The number of aromatic nitrogens is 1. The van der Waals surface area contributed by atoms with E-state index in [1.807, 2.05) is 0 Å². The second kappa shape index (κ2) is 9.78. The Morgan fingerprint density at radius 3 is 2.57 bits per heavy atom. The first kappa shape index (κ1) is 22.6. The van der Waals surface area contributed by atoms with Gasteiger partial charge in [-0.15, -0.1) is 11.3 Å². The molecule has 0 aliphatic rings. The van der Waals surface area contributed by atoms with Gasteiger partial charge in [0.2, 0.25) is 5.91 Å². The molecule has 0 bridgehead atoms. The van der Waals surface area contributed by atoms with E-state index in [4.69, 9.17) is 27.9 Å². The molecular weight excluding hydrogens is 467 g/mol. The molecule has 1 amide bonds. The Labute approximate surface area is 188 Å². The Hall–Kier alpha value is -2.13. The molecule has 158 valence electrons. The number of hydrogen-bond donors (Lipinski definition) is 1. The molecule has 0 aliphatic heterocycles. The lowest BCUT2D eigenvalue weighted by Crippen LogP contribution is -2.14. The van der Waals surface area contributed by atoms with Crippen LogP contribution >= 0.6 is 34.5 Å². The SMILES string of the molecule is COc1ccc(S(=O)(=O)CCCC(=O)Nc2nc(-c3ccc(Cl)cc3Cl)cs2)cc1. The number of rotatable bonds is 8. The van der Waals surface area contributed by atoms with Crippen LogP contribution in [0.5, 0.6) is 5.75 Å². The Morgan fingerprint density at radius 1 is 1.17 bits per heavy atom. The van der Waals surface area contributed by atoms with Crippen LogP contribution in [0.2, 0.25) is 10.0 Å². The van der Waals surface area contributed by atoms with Crippen molar-refractivity contribution in [1.82, 2.24) is 4.98 Å². The van der Waals surface area contributed by atoms with Crippen molar-refractivity contribution < 1.29 is 17.9 Å². The van der Waals surface area contributed by atoms with Crippen molar-refractivity contribution in [3.8, 4) is 17.0 Å². The predicted octanol–water partition coefficient (Wildman–Crippen LogP) is 5.32. The third kappa shape index (κ3) is 5.72. The lowest BCUT2D eigenvalue weighted by molar-refractivity contribution is -0.116. The maximum absolute atomic E-state index is 12.4. The van der Waals surface area contributed by atoms with Gasteiger partial charge in [0.05, 0.1) is 28.5 Å². The van der Waals surface area contributed by atoms with E-state index in [-0.39, 0.29) is 29.4 Å². The fourth-order valence-electron chi connectivity index (χ4n) is 2.66. The topological polar surface area (TPSA) is 85.4 Å². The maximum Gasteiger partial charge on any atom is 0.226 e. The minimum Gasteiger partial charge on any atom is -0.497 e. The lowest BCUT2D eigenvalue weighted by Gasteiger charge is -2.06. The number of thiazole rings is 1. The molecule has 2 aromatic carbocycles. The normalized spacial score (nSPS) is 11.3. The molecular formula is C20H18Cl2N2O4S2. The van der Waals surface area contributed by atoms with E-state index in [0.717, 1.165) is 0 Å². The third-order valence-corrected chi connectivity index (χ3v) is 7.32. The Morgan fingerprint density at radius 2 is 1.90 bits per heavy atom. The molecule has 3 rings (SSSR count). The van der Waals surface area contributed by atoms with Crippen LogP contribution in [0.15, 0.2) is 52.7 Å². The number of anilines is 1. The largest absolute Gasteiger partial charge is 0.497 e. The molecule has 0 atom stereocenters. The van der Waals surface area contributed by atoms with Gasteiger partial charge < -0.3 is 10.1 Å². The standard InChI is InChI=1S/C20H18Cl2N2O4S2/c1-28-14-5-7-15(8-6-14)30(26,27)10-2-3-19(25)24-20-23-18(12-29-20)16-9-4-13(21)11-17(16)22/h4-9,11-12H,2-3,10H2,1H3,(H,23,24,25). The minimum atomic E-state index is -3.47. The van der Waals surface area contributed by atoms with Gasteiger partial charge in [-0.25, -0.2) is 13.4 Å². The zero-order chi connectivity index (χ0) is 21.7. The third-order valence-electron chi connectivity index (χ3n) is 4.19. The van der Waals surface area contributed by atoms with Crippen LogP contribution in [0.3, 0.4) is 0 Å². The summed E-state index contributed by atoms with van der Waals surface area (Å²) in [5, 5.41) is 5.88. The first-order valence-electron chi connectivity index (χ1n) is 8.86. The van der Waals surface area contributed by atoms with E-state index in [9.17, 15) is 13.2 Å². The van der Waals surface area contributed by atoms with E-state index in [2.05, 4.69) is 10.3 Å². The molecule has 0 aliphatic carbocycles. The van der Waals surface area contributed by atoms with Gasteiger partial charge >= 0.3 is 0 Å². The van der Waals surface area contributed by atoms with Gasteiger partial charge in [-0.05, 0) is 48.9 Å². The quantitative estimate of drug-likeness (QED) is 0.467. The predicted molar refractivity (Wildman–Crippen MR) is 120 cm³/mol. The van der Waals surface area contributed by atoms with Gasteiger partial charge in [0.1, 0.15) is 5.75 Å². The number of benzene rings is 2. The minimum absolute atomic E-state index is 0.0615. The van der Waals surface area contributed by atoms with Crippen molar-refractivity contribution in [1.29, 1.82) is 0 Å². The van der Waals surface area contributed by atoms with E-state index in [1.54, 1.807) is 35.7 Å². The Bertz CT molecular complexity index is 1150. The number of amides is 1. The molecule has 0 saturated heterocycles. The first-order valence-corrected chi connectivity index (χ1v) is 12.1. The van der Waals surface area contributed by atoms with Gasteiger partial charge in [-0.2, -0.15) is 0 Å². The summed E-state index contributed by atoms with van der Waals surface area (Å²) in [6, 6.07) is 11.3. The molecule has 6 nitrogen and oxygen atoms in total. The first-order chi connectivity index (χ1) is 14.3. The Balaban J connectivity index is 1.54. The van der Waals surface area contributed by atoms with Crippen LogP contribution in [-0.2, 0) is 14.6 Å². The molecule has 0 unspecified atom stereocenters. The number of carbonyl (C=O) groups excluding carboxylic acids is 1. The maximum atomic E-state index is 12.4. The average molecular weight is 485 g/mol. The lowest BCUT2D eigenvalue weighted by atomic mass is 10.2. The van der Waals surface area contributed by atoms with Crippen molar-refractivity contribution in [3.05, 3.63) is 57.9 Å². The van der Waals surface area contributed by atoms with Crippen molar-refractivity contribution >= 4 is 55.4 Å². The van der Waals surface area contributed by atoms with E-state index >= 15 is 0 Å². The van der Waals surface area contributed by atoms with Gasteiger partial charge in [0, 0.05) is 22.4 Å². The van der Waals surface area contributed by atoms with Gasteiger partial charge in [0.25, 0.3) is 0 Å². The molecule has 1 heterocycles. The van der Waals surface area contributed by atoms with Crippen molar-refractivity contribution in [2.45, 2.75) is 17.7 Å². The van der Waals surface area contributed by atoms with Crippen LogP contribution < -0.4 is 10.1 Å². The highest BCUT2D eigenvalue weighted by Crippen LogP contribution is 2.32. The summed E-state index contributed by atoms with van der Waals surface area (Å²) in [6.07, 6.45) is 0.257. The molecule has 0 fully saturated rings. The average Bonchev–Trinajstić information content (AvgIpc) is 3.15. The number of hydrogen-bond acceptors (Lipinski definition) is 6. The van der Waals surface area contributed by atoms with Crippen LogP contribution in [-0.4, -0.2) is 32.2 Å². The number of ether oxygens (including phenoxy) is 1. The second-order valence-electron chi connectivity index (χ2n) is 6.31. The Kier molecular flexibility index (Phi) is 7.36. The van der Waals surface area contributed by atoms with E-state index in [1.165, 1.54) is 30.6 Å². The fraction of sp³-hybridized carbons (Fsp3) is 0.200. The zero-order valence-electron chi connectivity index (χ0n) is 15.9. The summed E-state index contributed by atoms with van der Waals surface area (Å²) in [6.45, 7) is 0. The van der Waals surface area contributed by atoms with E-state index in [0.29, 0.717) is 32.2 Å². The van der Waals surface area contributed by atoms with Gasteiger partial charge in [-0.1, -0.05) is 23.2 Å². The van der Waals surface area contributed by atoms with Crippen molar-refractivity contribution in [2.24, 2.45) is 0 Å². The smallest absolute Gasteiger partial charge is 0.226 e. The number of nitrogens with one attached hydrogen (secondary N) is 1. The van der Waals surface area contributed by atoms with Crippen LogP contribution in [0.1, 0.15) is 12.8 Å². The number of halogens is 2. The zero-order valence-corrected chi connectivity index (χ0v) is 19.0. The highest BCUT2D eigenvalue weighted by Gasteiger charge is 2.16. The number of carbonyl (C=O) groups is 1. The summed E-state index contributed by atoms with van der Waals surface area (Å²) in [5.74, 6) is 0.148. The summed E-state index contributed by atoms with van der Waals surface area (Å²) in [7, 11) is -1.96. The van der Waals surface area contributed by atoms with Crippen molar-refractivity contribution in [2.75, 3.05) is 18.2 Å². The molecule has 0 saturated carbocycles. The molecule has 10 heteroatoms. The molecule has 1 aromatic heterocycles. The second-order valence-corrected chi connectivity index (χ2v) is 10.1. The van der Waals surface area contributed by atoms with Crippen LogP contribution in [0.25, 0.3) is 11.3 Å². The summed E-state index contributed by atoms with van der Waals surface area (Å²) in [5.41, 5.74) is 1.34. The summed E-state index contributed by atoms with van der Waals surface area (Å²) < 4.78 is 29.8. The van der Waals surface area contributed by atoms with Crippen molar-refractivity contribution in [3.63, 3.8) is 0 Å². The van der Waals surface area contributed by atoms with Crippen LogP contribution in [0, 0.1) is 0 Å². The highest BCUT2D eigenvalue weighted by atomic mass is 35.5. The number of sulfone groups is 1. The summed E-state index contributed by atoms with van der Waals surface area (Å²) in [4.78, 5) is 16.7. The molecule has 0 radical (unpaired) electrons. The summed E-state index contributed by atoms with van der Waals surface area (Å²) >= 11 is 13.4. The number of methoxy groups -OCH3 is 1. The van der Waals surface area contributed by atoms with Crippen LogP contribution in [0.4, 0.5) is 5.13 Å². The molecule has 30 heavy (non-hydrogen) atoms. The van der Waals surface area contributed by atoms with Gasteiger partial charge in [0.15, 0.2) is 15.0 Å². The molecule has 0 spiro atoms. The highest BCUT2D eigenvalue weighted by molar-refractivity contribution is 7.91. The monoisotopic (exact) mass is 484 g/mol. The fourth-order valence-corrected chi connectivity index (χ4v) is 5.20. The number of nitrogens with zero attached hydrogens (tertiary/aromatic N) is 1.